The first-order valence-corrected chi connectivity index (χ1v) is 11.5. The van der Waals surface area contributed by atoms with Crippen molar-refractivity contribution in [2.45, 2.75) is 18.7 Å². The Morgan fingerprint density at radius 2 is 1.67 bits per heavy atom. The molecule has 6 nitrogen and oxygen atoms in total. The van der Waals surface area contributed by atoms with Crippen LogP contribution in [0.5, 0.6) is 0 Å². The zero-order valence-electron chi connectivity index (χ0n) is 16.3. The van der Waals surface area contributed by atoms with Crippen LogP contribution in [0.1, 0.15) is 21.5 Å². The van der Waals surface area contributed by atoms with Crippen LogP contribution in [-0.2, 0) is 10.0 Å². The number of thiazole rings is 1. The molecule has 3 aromatic carbocycles. The number of fused-ring (bicyclic) bond motifs is 1. The standard InChI is InChI=1S/C22H19N3O3S2/c1-14-12-15(2)20-19(13-14)29-22(23-20)24-21(26)16-8-10-17(11-9-16)25-30(27,28)18-6-4-3-5-7-18/h3-13,25H,1-2H3,(H,23,24,26). The van der Waals surface area contributed by atoms with Gasteiger partial charge in [0.25, 0.3) is 15.9 Å². The molecule has 4 rings (SSSR count). The molecule has 30 heavy (non-hydrogen) atoms. The summed E-state index contributed by atoms with van der Waals surface area (Å²) in [5.74, 6) is -0.305. The quantitative estimate of drug-likeness (QED) is 0.462. The summed E-state index contributed by atoms with van der Waals surface area (Å²) in [6.07, 6.45) is 0. The highest BCUT2D eigenvalue weighted by Crippen LogP contribution is 2.29. The van der Waals surface area contributed by atoms with E-state index in [9.17, 15) is 13.2 Å². The molecular weight excluding hydrogens is 418 g/mol. The van der Waals surface area contributed by atoms with Crippen molar-refractivity contribution < 1.29 is 13.2 Å². The fraction of sp³-hybridized carbons (Fsp3) is 0.0909. The Balaban J connectivity index is 1.49. The molecule has 1 heterocycles. The third kappa shape index (κ3) is 4.19. The summed E-state index contributed by atoms with van der Waals surface area (Å²) in [5, 5.41) is 3.34. The maximum Gasteiger partial charge on any atom is 0.261 e. The summed E-state index contributed by atoms with van der Waals surface area (Å²) in [5.41, 5.74) is 3.88. The van der Waals surface area contributed by atoms with Gasteiger partial charge in [-0.25, -0.2) is 13.4 Å². The van der Waals surface area contributed by atoms with Crippen LogP contribution < -0.4 is 10.0 Å². The molecule has 0 aliphatic carbocycles. The lowest BCUT2D eigenvalue weighted by molar-refractivity contribution is 0.102. The highest BCUT2D eigenvalue weighted by atomic mass is 32.2. The van der Waals surface area contributed by atoms with Crippen LogP contribution in [0.25, 0.3) is 10.2 Å². The Hall–Kier alpha value is -3.23. The Morgan fingerprint density at radius 1 is 0.967 bits per heavy atom. The number of carbonyl (C=O) groups is 1. The smallest absolute Gasteiger partial charge is 0.261 e. The third-order valence-electron chi connectivity index (χ3n) is 4.50. The predicted octanol–water partition coefficient (Wildman–Crippen LogP) is 4.97. The average Bonchev–Trinajstić information content (AvgIpc) is 3.11. The van der Waals surface area contributed by atoms with Crippen molar-refractivity contribution in [1.82, 2.24) is 4.98 Å². The summed E-state index contributed by atoms with van der Waals surface area (Å²) in [6, 6.07) is 18.5. The second kappa shape index (κ2) is 7.89. The van der Waals surface area contributed by atoms with E-state index in [1.54, 1.807) is 42.5 Å². The molecule has 0 aliphatic heterocycles. The second-order valence-electron chi connectivity index (χ2n) is 6.90. The van der Waals surface area contributed by atoms with E-state index in [1.165, 1.54) is 23.5 Å². The summed E-state index contributed by atoms with van der Waals surface area (Å²) < 4.78 is 28.3. The summed E-state index contributed by atoms with van der Waals surface area (Å²) >= 11 is 1.42. The molecule has 1 aromatic heterocycles. The lowest BCUT2D eigenvalue weighted by atomic mass is 10.1. The predicted molar refractivity (Wildman–Crippen MR) is 121 cm³/mol. The van der Waals surface area contributed by atoms with E-state index in [4.69, 9.17) is 0 Å². The number of hydrogen-bond acceptors (Lipinski definition) is 5. The number of aryl methyl sites for hydroxylation is 2. The number of anilines is 2. The zero-order valence-corrected chi connectivity index (χ0v) is 18.0. The number of rotatable bonds is 5. The fourth-order valence-corrected chi connectivity index (χ4v) is 5.21. The summed E-state index contributed by atoms with van der Waals surface area (Å²) in [6.45, 7) is 4.02. The molecule has 2 N–H and O–H groups in total. The molecule has 4 aromatic rings. The van der Waals surface area contributed by atoms with Gasteiger partial charge in [0.15, 0.2) is 5.13 Å². The van der Waals surface area contributed by atoms with Crippen molar-refractivity contribution in [3.63, 3.8) is 0 Å². The number of nitrogens with zero attached hydrogens (tertiary/aromatic N) is 1. The van der Waals surface area contributed by atoms with Gasteiger partial charge in [-0.1, -0.05) is 35.6 Å². The van der Waals surface area contributed by atoms with Crippen molar-refractivity contribution in [3.8, 4) is 0 Å². The molecular formula is C22H19N3O3S2. The van der Waals surface area contributed by atoms with Crippen LogP contribution in [0.3, 0.4) is 0 Å². The summed E-state index contributed by atoms with van der Waals surface area (Å²) in [4.78, 5) is 17.3. The van der Waals surface area contributed by atoms with Gasteiger partial charge in [-0.3, -0.25) is 14.8 Å². The van der Waals surface area contributed by atoms with E-state index in [0.29, 0.717) is 16.4 Å². The van der Waals surface area contributed by atoms with Gasteiger partial charge < -0.3 is 0 Å². The first-order chi connectivity index (χ1) is 14.3. The number of amides is 1. The molecule has 0 atom stereocenters. The molecule has 0 bridgehead atoms. The van der Waals surface area contributed by atoms with E-state index in [2.05, 4.69) is 21.1 Å². The number of benzene rings is 3. The van der Waals surface area contributed by atoms with E-state index in [-0.39, 0.29) is 10.8 Å². The molecule has 0 aliphatic rings. The highest BCUT2D eigenvalue weighted by molar-refractivity contribution is 7.92. The van der Waals surface area contributed by atoms with E-state index >= 15 is 0 Å². The Bertz CT molecular complexity index is 1330. The van der Waals surface area contributed by atoms with Crippen LogP contribution in [0, 0.1) is 13.8 Å². The van der Waals surface area contributed by atoms with Gasteiger partial charge in [0.1, 0.15) is 0 Å². The molecule has 0 saturated carbocycles. The minimum Gasteiger partial charge on any atom is -0.298 e. The summed E-state index contributed by atoms with van der Waals surface area (Å²) in [7, 11) is -3.68. The molecule has 152 valence electrons. The van der Waals surface area contributed by atoms with Crippen molar-refractivity contribution >= 4 is 48.3 Å². The second-order valence-corrected chi connectivity index (χ2v) is 9.61. The van der Waals surface area contributed by atoms with Crippen molar-refractivity contribution in [2.24, 2.45) is 0 Å². The van der Waals surface area contributed by atoms with Crippen molar-refractivity contribution in [1.29, 1.82) is 0 Å². The molecule has 0 spiro atoms. The number of carbonyl (C=O) groups excluding carboxylic acids is 1. The Morgan fingerprint density at radius 3 is 2.37 bits per heavy atom. The van der Waals surface area contributed by atoms with Gasteiger partial charge in [-0.2, -0.15) is 0 Å². The average molecular weight is 438 g/mol. The van der Waals surface area contributed by atoms with Gasteiger partial charge >= 0.3 is 0 Å². The number of hydrogen-bond donors (Lipinski definition) is 2. The number of sulfonamides is 1. The molecule has 0 radical (unpaired) electrons. The maximum absolute atomic E-state index is 12.6. The topological polar surface area (TPSA) is 88.2 Å². The normalized spacial score (nSPS) is 11.4. The van der Waals surface area contributed by atoms with Gasteiger partial charge in [0.05, 0.1) is 15.1 Å². The van der Waals surface area contributed by atoms with Crippen LogP contribution >= 0.6 is 11.3 Å². The number of nitrogens with one attached hydrogen (secondary N) is 2. The molecule has 1 amide bonds. The van der Waals surface area contributed by atoms with Gasteiger partial charge in [-0.15, -0.1) is 0 Å². The highest BCUT2D eigenvalue weighted by Gasteiger charge is 2.15. The number of aromatic nitrogens is 1. The third-order valence-corrected chi connectivity index (χ3v) is 6.82. The van der Waals surface area contributed by atoms with Gasteiger partial charge in [-0.05, 0) is 67.4 Å². The lowest BCUT2D eigenvalue weighted by Crippen LogP contribution is -2.14. The van der Waals surface area contributed by atoms with E-state index in [0.717, 1.165) is 21.3 Å². The molecule has 0 fully saturated rings. The minimum absolute atomic E-state index is 0.174. The Labute approximate surface area is 178 Å². The van der Waals surface area contributed by atoms with Crippen LogP contribution in [0.2, 0.25) is 0 Å². The monoisotopic (exact) mass is 437 g/mol. The largest absolute Gasteiger partial charge is 0.298 e. The lowest BCUT2D eigenvalue weighted by Gasteiger charge is -2.08. The van der Waals surface area contributed by atoms with Crippen molar-refractivity contribution in [2.75, 3.05) is 10.0 Å². The van der Waals surface area contributed by atoms with Crippen molar-refractivity contribution in [3.05, 3.63) is 83.4 Å². The van der Waals surface area contributed by atoms with Crippen LogP contribution in [-0.4, -0.2) is 19.3 Å². The van der Waals surface area contributed by atoms with Crippen LogP contribution in [0.15, 0.2) is 71.6 Å². The maximum atomic E-state index is 12.6. The zero-order chi connectivity index (χ0) is 21.3. The first kappa shape index (κ1) is 20.1. The van der Waals surface area contributed by atoms with Gasteiger partial charge in [0, 0.05) is 11.3 Å². The van der Waals surface area contributed by atoms with Crippen LogP contribution in [0.4, 0.5) is 10.8 Å². The fourth-order valence-electron chi connectivity index (χ4n) is 3.10. The van der Waals surface area contributed by atoms with Gasteiger partial charge in [0.2, 0.25) is 0 Å². The van der Waals surface area contributed by atoms with E-state index in [1.807, 2.05) is 19.9 Å². The molecule has 0 unspecified atom stereocenters. The van der Waals surface area contributed by atoms with E-state index < -0.39 is 10.0 Å². The Kier molecular flexibility index (Phi) is 5.27. The molecule has 0 saturated heterocycles. The SMILES string of the molecule is Cc1cc(C)c2nc(NC(=O)c3ccc(NS(=O)(=O)c4ccccc4)cc3)sc2c1. The first-order valence-electron chi connectivity index (χ1n) is 9.19. The molecule has 8 heteroatoms. The minimum atomic E-state index is -3.68.